The number of methoxy groups -OCH3 is 1. The summed E-state index contributed by atoms with van der Waals surface area (Å²) < 4.78 is 5.10. The Bertz CT molecular complexity index is 308. The molecule has 2 aliphatic rings. The maximum absolute atomic E-state index is 12.0. The second kappa shape index (κ2) is 7.41. The minimum Gasteiger partial charge on any atom is -0.372 e. The fraction of sp³-hybridized carbons (Fsp3) is 0.938. The Morgan fingerprint density at radius 2 is 1.75 bits per heavy atom. The maximum Gasteiger partial charge on any atom is 0.248 e. The Morgan fingerprint density at radius 3 is 2.35 bits per heavy atom. The SMILES string of the molecule is COC(C)C(=O)NCC1(N2CCCCC2)CCCCC1. The van der Waals surface area contributed by atoms with E-state index in [-0.39, 0.29) is 17.6 Å². The van der Waals surface area contributed by atoms with Gasteiger partial charge in [0, 0.05) is 19.2 Å². The zero-order valence-electron chi connectivity index (χ0n) is 13.1. The van der Waals surface area contributed by atoms with Gasteiger partial charge in [-0.2, -0.15) is 0 Å². The molecule has 1 atom stereocenters. The quantitative estimate of drug-likeness (QED) is 0.841. The van der Waals surface area contributed by atoms with Crippen LogP contribution in [-0.2, 0) is 9.53 Å². The van der Waals surface area contributed by atoms with Crippen LogP contribution in [0.5, 0.6) is 0 Å². The first-order valence-electron chi connectivity index (χ1n) is 8.23. The van der Waals surface area contributed by atoms with E-state index in [1.54, 1.807) is 7.11 Å². The molecule has 1 amide bonds. The van der Waals surface area contributed by atoms with E-state index in [0.717, 1.165) is 6.54 Å². The highest BCUT2D eigenvalue weighted by Gasteiger charge is 2.38. The molecule has 1 N–H and O–H groups in total. The van der Waals surface area contributed by atoms with E-state index in [9.17, 15) is 4.79 Å². The lowest BCUT2D eigenvalue weighted by molar-refractivity contribution is -0.131. The largest absolute Gasteiger partial charge is 0.372 e. The van der Waals surface area contributed by atoms with Crippen LogP contribution in [0.3, 0.4) is 0 Å². The van der Waals surface area contributed by atoms with Gasteiger partial charge in [0.15, 0.2) is 0 Å². The maximum atomic E-state index is 12.0. The van der Waals surface area contributed by atoms with Gasteiger partial charge in [-0.15, -0.1) is 0 Å². The molecule has 4 heteroatoms. The Balaban J connectivity index is 1.97. The van der Waals surface area contributed by atoms with Gasteiger partial charge < -0.3 is 10.1 Å². The summed E-state index contributed by atoms with van der Waals surface area (Å²) in [6, 6.07) is 0. The van der Waals surface area contributed by atoms with Crippen LogP contribution in [0.2, 0.25) is 0 Å². The van der Waals surface area contributed by atoms with E-state index < -0.39 is 0 Å². The number of piperidine rings is 1. The van der Waals surface area contributed by atoms with Gasteiger partial charge in [-0.25, -0.2) is 0 Å². The topological polar surface area (TPSA) is 41.6 Å². The fourth-order valence-electron chi connectivity index (χ4n) is 3.69. The molecule has 0 aromatic carbocycles. The zero-order valence-corrected chi connectivity index (χ0v) is 13.1. The lowest BCUT2D eigenvalue weighted by atomic mass is 9.79. The molecule has 20 heavy (non-hydrogen) atoms. The van der Waals surface area contributed by atoms with Crippen LogP contribution in [0.15, 0.2) is 0 Å². The van der Waals surface area contributed by atoms with Crippen molar-refractivity contribution in [3.63, 3.8) is 0 Å². The van der Waals surface area contributed by atoms with Gasteiger partial charge in [0.25, 0.3) is 0 Å². The van der Waals surface area contributed by atoms with Crippen LogP contribution in [0.1, 0.15) is 58.3 Å². The van der Waals surface area contributed by atoms with Gasteiger partial charge in [0.1, 0.15) is 6.10 Å². The lowest BCUT2D eigenvalue weighted by Gasteiger charge is -2.48. The van der Waals surface area contributed by atoms with Gasteiger partial charge in [-0.3, -0.25) is 9.69 Å². The van der Waals surface area contributed by atoms with E-state index >= 15 is 0 Å². The normalized spacial score (nSPS) is 25.1. The smallest absolute Gasteiger partial charge is 0.248 e. The molecule has 2 rings (SSSR count). The van der Waals surface area contributed by atoms with Crippen LogP contribution in [0.25, 0.3) is 0 Å². The number of amides is 1. The second-order valence-electron chi connectivity index (χ2n) is 6.43. The minimum absolute atomic E-state index is 0.0226. The molecule has 116 valence electrons. The van der Waals surface area contributed by atoms with E-state index in [1.165, 1.54) is 64.5 Å². The first-order chi connectivity index (χ1) is 9.68. The monoisotopic (exact) mass is 282 g/mol. The van der Waals surface area contributed by atoms with Crippen LogP contribution in [0.4, 0.5) is 0 Å². The predicted molar refractivity (Wildman–Crippen MR) is 80.7 cm³/mol. The summed E-state index contributed by atoms with van der Waals surface area (Å²) in [4.78, 5) is 14.6. The molecule has 1 saturated heterocycles. The number of ether oxygens (including phenoxy) is 1. The van der Waals surface area contributed by atoms with E-state index in [0.29, 0.717) is 0 Å². The summed E-state index contributed by atoms with van der Waals surface area (Å²) in [7, 11) is 1.59. The average Bonchev–Trinajstić information content (AvgIpc) is 2.53. The number of rotatable bonds is 5. The minimum atomic E-state index is -0.350. The molecule has 1 aliphatic heterocycles. The highest BCUT2D eigenvalue weighted by Crippen LogP contribution is 2.35. The standard InChI is InChI=1S/C16H30N2O2/c1-14(20-2)15(19)17-13-16(9-5-3-6-10-16)18-11-7-4-8-12-18/h14H,3-13H2,1-2H3,(H,17,19). The Morgan fingerprint density at radius 1 is 1.15 bits per heavy atom. The molecule has 0 aromatic rings. The van der Waals surface area contributed by atoms with Gasteiger partial charge in [-0.05, 0) is 45.7 Å². The van der Waals surface area contributed by atoms with E-state index in [4.69, 9.17) is 4.74 Å². The number of hydrogen-bond acceptors (Lipinski definition) is 3. The number of nitrogens with zero attached hydrogens (tertiary/aromatic N) is 1. The summed E-state index contributed by atoms with van der Waals surface area (Å²) >= 11 is 0. The molecule has 2 fully saturated rings. The van der Waals surface area contributed by atoms with Crippen molar-refractivity contribution in [2.24, 2.45) is 0 Å². The summed E-state index contributed by atoms with van der Waals surface area (Å²) in [6.07, 6.45) is 10.0. The van der Waals surface area contributed by atoms with Crippen molar-refractivity contribution in [2.45, 2.75) is 69.9 Å². The van der Waals surface area contributed by atoms with Crippen molar-refractivity contribution in [1.82, 2.24) is 10.2 Å². The summed E-state index contributed by atoms with van der Waals surface area (Å²) in [5.74, 6) is 0.0226. The van der Waals surface area contributed by atoms with Gasteiger partial charge in [0.05, 0.1) is 0 Å². The van der Waals surface area contributed by atoms with Crippen LogP contribution < -0.4 is 5.32 Å². The predicted octanol–water partition coefficient (Wildman–Crippen LogP) is 2.33. The molecule has 1 aliphatic carbocycles. The average molecular weight is 282 g/mol. The van der Waals surface area contributed by atoms with Crippen molar-refractivity contribution in [1.29, 1.82) is 0 Å². The molecule has 0 bridgehead atoms. The van der Waals surface area contributed by atoms with Crippen LogP contribution in [-0.4, -0.2) is 49.2 Å². The van der Waals surface area contributed by atoms with Crippen molar-refractivity contribution in [3.8, 4) is 0 Å². The molecule has 1 unspecified atom stereocenters. The number of carbonyl (C=O) groups is 1. The second-order valence-corrected chi connectivity index (χ2v) is 6.43. The number of hydrogen-bond donors (Lipinski definition) is 1. The summed E-state index contributed by atoms with van der Waals surface area (Å²) in [5.41, 5.74) is 0.210. The molecular formula is C16H30N2O2. The molecule has 1 heterocycles. The van der Waals surface area contributed by atoms with Crippen LogP contribution in [0, 0.1) is 0 Å². The third kappa shape index (κ3) is 3.73. The third-order valence-electron chi connectivity index (χ3n) is 5.13. The molecule has 0 aromatic heterocycles. The first-order valence-corrected chi connectivity index (χ1v) is 8.23. The fourth-order valence-corrected chi connectivity index (χ4v) is 3.69. The Labute approximate surface area is 123 Å². The number of likely N-dealkylation sites (tertiary alicyclic amines) is 1. The summed E-state index contributed by atoms with van der Waals surface area (Å²) in [6.45, 7) is 5.01. The summed E-state index contributed by atoms with van der Waals surface area (Å²) in [5, 5.41) is 3.14. The highest BCUT2D eigenvalue weighted by atomic mass is 16.5. The Kier molecular flexibility index (Phi) is 5.85. The van der Waals surface area contributed by atoms with Crippen molar-refractivity contribution >= 4 is 5.91 Å². The molecule has 4 nitrogen and oxygen atoms in total. The van der Waals surface area contributed by atoms with Crippen molar-refractivity contribution < 1.29 is 9.53 Å². The highest BCUT2D eigenvalue weighted by molar-refractivity contribution is 5.80. The van der Waals surface area contributed by atoms with Crippen LogP contribution >= 0.6 is 0 Å². The van der Waals surface area contributed by atoms with E-state index in [2.05, 4.69) is 10.2 Å². The number of nitrogens with one attached hydrogen (secondary N) is 1. The number of carbonyl (C=O) groups excluding carboxylic acids is 1. The van der Waals surface area contributed by atoms with E-state index in [1.807, 2.05) is 6.92 Å². The molecule has 1 saturated carbocycles. The lowest BCUT2D eigenvalue weighted by Crippen LogP contribution is -2.58. The van der Waals surface area contributed by atoms with Gasteiger partial charge in [0.2, 0.25) is 5.91 Å². The Hall–Kier alpha value is -0.610. The van der Waals surface area contributed by atoms with Gasteiger partial charge >= 0.3 is 0 Å². The van der Waals surface area contributed by atoms with Gasteiger partial charge in [-0.1, -0.05) is 25.7 Å². The van der Waals surface area contributed by atoms with Crippen molar-refractivity contribution in [3.05, 3.63) is 0 Å². The molecule has 0 radical (unpaired) electrons. The van der Waals surface area contributed by atoms with Crippen molar-refractivity contribution in [2.75, 3.05) is 26.7 Å². The third-order valence-corrected chi connectivity index (χ3v) is 5.13. The zero-order chi connectivity index (χ0) is 14.4. The first kappa shape index (κ1) is 15.8. The molecular weight excluding hydrogens is 252 g/mol. The molecule has 0 spiro atoms.